The van der Waals surface area contributed by atoms with Gasteiger partial charge in [-0.15, -0.1) is 0 Å². The standard InChI is InChI=1S/C11H26N4PS/c1-11(9-10-12-15(6,7)8)16(17,13(2)3)14(4)5/h9-10H,1-8H3/q+1/b11-9-,12-10+. The van der Waals surface area contributed by atoms with Gasteiger partial charge in [-0.2, -0.15) is 0 Å². The Labute approximate surface area is 111 Å². The minimum atomic E-state index is -1.77. The van der Waals surface area contributed by atoms with Gasteiger partial charge in [0, 0.05) is 0 Å². The van der Waals surface area contributed by atoms with Crippen LogP contribution < -0.4 is 0 Å². The summed E-state index contributed by atoms with van der Waals surface area (Å²) in [5.41, 5.74) is 0. The van der Waals surface area contributed by atoms with E-state index in [1.807, 2.05) is 61.6 Å². The molecule has 6 heteroatoms. The Morgan fingerprint density at radius 3 is 1.82 bits per heavy atom. The van der Waals surface area contributed by atoms with Crippen LogP contribution in [0.15, 0.2) is 16.5 Å². The van der Waals surface area contributed by atoms with Crippen LogP contribution in [0, 0.1) is 0 Å². The lowest BCUT2D eigenvalue weighted by Crippen LogP contribution is -2.27. The molecule has 0 aromatic carbocycles. The Balaban J connectivity index is 5.14. The van der Waals surface area contributed by atoms with Crippen molar-refractivity contribution in [3.05, 3.63) is 11.4 Å². The van der Waals surface area contributed by atoms with Crippen molar-refractivity contribution < 1.29 is 4.59 Å². The van der Waals surface area contributed by atoms with Crippen molar-refractivity contribution in [3.8, 4) is 0 Å². The monoisotopic (exact) mass is 277 g/mol. The lowest BCUT2D eigenvalue weighted by molar-refractivity contribution is -0.876. The van der Waals surface area contributed by atoms with Gasteiger partial charge in [-0.1, -0.05) is 16.9 Å². The quantitative estimate of drug-likeness (QED) is 0.331. The molecule has 0 aliphatic heterocycles. The smallest absolute Gasteiger partial charge is 0.101 e. The molecule has 0 aromatic rings. The molecule has 0 amide bonds. The normalized spacial score (nSPS) is 15.3. The fourth-order valence-electron chi connectivity index (χ4n) is 1.43. The Morgan fingerprint density at radius 1 is 1.12 bits per heavy atom. The van der Waals surface area contributed by atoms with Gasteiger partial charge in [0.25, 0.3) is 0 Å². The number of rotatable bonds is 5. The maximum atomic E-state index is 5.81. The fraction of sp³-hybridized carbons (Fsp3) is 0.727. The molecule has 0 fully saturated rings. The molecule has 0 heterocycles. The first-order valence-electron chi connectivity index (χ1n) is 5.52. The van der Waals surface area contributed by atoms with Crippen LogP contribution in [-0.4, -0.2) is 69.5 Å². The van der Waals surface area contributed by atoms with E-state index in [9.17, 15) is 0 Å². The molecule has 4 nitrogen and oxygen atoms in total. The van der Waals surface area contributed by atoms with Crippen molar-refractivity contribution in [2.75, 3.05) is 49.3 Å². The molecule has 0 aromatic heterocycles. The zero-order chi connectivity index (χ0) is 13.9. The summed E-state index contributed by atoms with van der Waals surface area (Å²) in [6.45, 7) is 2.09. The van der Waals surface area contributed by atoms with Gasteiger partial charge in [-0.3, -0.25) is 9.34 Å². The van der Waals surface area contributed by atoms with Crippen LogP contribution in [-0.2, 0) is 11.8 Å². The lowest BCUT2D eigenvalue weighted by Gasteiger charge is -2.35. The predicted molar refractivity (Wildman–Crippen MR) is 81.9 cm³/mol. The first-order valence-corrected chi connectivity index (χ1v) is 8.22. The second-order valence-corrected chi connectivity index (χ2v) is 10.2. The maximum absolute atomic E-state index is 5.81. The van der Waals surface area contributed by atoms with E-state index in [1.54, 1.807) is 0 Å². The zero-order valence-electron chi connectivity index (χ0n) is 12.3. The van der Waals surface area contributed by atoms with E-state index in [1.165, 1.54) is 5.31 Å². The fourth-order valence-corrected chi connectivity index (χ4v) is 3.85. The topological polar surface area (TPSA) is 18.8 Å². The van der Waals surface area contributed by atoms with Crippen molar-refractivity contribution in [2.24, 2.45) is 5.10 Å². The third-order valence-electron chi connectivity index (χ3n) is 2.27. The largest absolute Gasteiger partial charge is 0.267 e. The van der Waals surface area contributed by atoms with Crippen LogP contribution >= 0.6 is 6.34 Å². The van der Waals surface area contributed by atoms with Gasteiger partial charge in [-0.05, 0) is 46.5 Å². The average molecular weight is 277 g/mol. The van der Waals surface area contributed by atoms with Crippen LogP contribution in [0.5, 0.6) is 0 Å². The highest BCUT2D eigenvalue weighted by Gasteiger charge is 2.24. The second kappa shape index (κ2) is 6.21. The van der Waals surface area contributed by atoms with Crippen LogP contribution in [0.3, 0.4) is 0 Å². The number of allylic oxidation sites excluding steroid dienone is 2. The first-order chi connectivity index (χ1) is 7.51. The van der Waals surface area contributed by atoms with Gasteiger partial charge in [-0.25, -0.2) is 4.59 Å². The third kappa shape index (κ3) is 4.98. The molecule has 100 valence electrons. The van der Waals surface area contributed by atoms with Crippen LogP contribution in [0.2, 0.25) is 0 Å². The second-order valence-electron chi connectivity index (χ2n) is 5.25. The summed E-state index contributed by atoms with van der Waals surface area (Å²) >= 11 is 5.81. The molecule has 0 atom stereocenters. The van der Waals surface area contributed by atoms with Gasteiger partial charge in [0.15, 0.2) is 0 Å². The molecule has 0 N–H and O–H groups in total. The minimum absolute atomic E-state index is 0.566. The van der Waals surface area contributed by atoms with E-state index in [0.29, 0.717) is 4.59 Å². The molecular formula is C11H26N4PS+. The summed E-state index contributed by atoms with van der Waals surface area (Å²) in [4.78, 5) is 0. The molecule has 0 saturated heterocycles. The molecule has 0 bridgehead atoms. The lowest BCUT2D eigenvalue weighted by atomic mass is 10.5. The van der Waals surface area contributed by atoms with E-state index >= 15 is 0 Å². The Morgan fingerprint density at radius 2 is 1.53 bits per heavy atom. The van der Waals surface area contributed by atoms with Crippen molar-refractivity contribution in [2.45, 2.75) is 6.92 Å². The van der Waals surface area contributed by atoms with E-state index in [-0.39, 0.29) is 0 Å². The maximum Gasteiger partial charge on any atom is 0.101 e. The molecular weight excluding hydrogens is 251 g/mol. The predicted octanol–water partition coefficient (Wildman–Crippen LogP) is 2.01. The summed E-state index contributed by atoms with van der Waals surface area (Å²) in [7, 11) is 14.2. The highest BCUT2D eigenvalue weighted by molar-refractivity contribution is 8.14. The SMILES string of the molecule is C/C(=C/C=N/[N+](C)(C)C)P(=S)(N(C)C)N(C)C. The number of quaternary nitrogens is 1. The van der Waals surface area contributed by atoms with Crippen molar-refractivity contribution in [3.63, 3.8) is 0 Å². The van der Waals surface area contributed by atoms with Crippen molar-refractivity contribution >= 4 is 24.4 Å². The van der Waals surface area contributed by atoms with Gasteiger partial charge >= 0.3 is 0 Å². The summed E-state index contributed by atoms with van der Waals surface area (Å²) in [5.74, 6) is 0. The van der Waals surface area contributed by atoms with Crippen LogP contribution in [0.25, 0.3) is 0 Å². The Bertz CT molecular complexity index is 341. The highest BCUT2D eigenvalue weighted by atomic mass is 32.4. The third-order valence-corrected chi connectivity index (χ3v) is 8.33. The molecule has 0 aliphatic carbocycles. The van der Waals surface area contributed by atoms with Gasteiger partial charge in [0.2, 0.25) is 0 Å². The molecule has 0 unspecified atom stereocenters. The molecule has 0 radical (unpaired) electrons. The molecule has 0 saturated carbocycles. The van der Waals surface area contributed by atoms with E-state index in [0.717, 1.165) is 0 Å². The van der Waals surface area contributed by atoms with Crippen LogP contribution in [0.1, 0.15) is 6.92 Å². The summed E-state index contributed by atoms with van der Waals surface area (Å²) in [6.07, 6.45) is 2.11. The van der Waals surface area contributed by atoms with Gasteiger partial charge < -0.3 is 0 Å². The minimum Gasteiger partial charge on any atom is -0.267 e. The zero-order valence-corrected chi connectivity index (χ0v) is 14.0. The van der Waals surface area contributed by atoms with Crippen LogP contribution in [0.4, 0.5) is 0 Å². The van der Waals surface area contributed by atoms with Crippen molar-refractivity contribution in [1.82, 2.24) is 9.34 Å². The Hall–Kier alpha value is -0.0600. The van der Waals surface area contributed by atoms with Gasteiger partial charge in [0.05, 0.1) is 27.4 Å². The number of nitrogens with zero attached hydrogens (tertiary/aromatic N) is 4. The number of hydrogen-bond acceptors (Lipinski definition) is 2. The number of hydrogen-bond donors (Lipinski definition) is 0. The average Bonchev–Trinajstić information content (AvgIpc) is 2.13. The van der Waals surface area contributed by atoms with Gasteiger partial charge in [0.1, 0.15) is 6.34 Å². The van der Waals surface area contributed by atoms with E-state index < -0.39 is 6.34 Å². The van der Waals surface area contributed by atoms with E-state index in [4.69, 9.17) is 11.8 Å². The first kappa shape index (κ1) is 16.9. The summed E-state index contributed by atoms with van der Waals surface area (Å²) in [5, 5.41) is 5.59. The molecule has 17 heavy (non-hydrogen) atoms. The Kier molecular flexibility index (Phi) is 6.19. The van der Waals surface area contributed by atoms with Crippen molar-refractivity contribution in [1.29, 1.82) is 0 Å². The molecule has 0 spiro atoms. The summed E-state index contributed by atoms with van der Waals surface area (Å²) < 4.78 is 4.83. The van der Waals surface area contributed by atoms with E-state index in [2.05, 4.69) is 21.4 Å². The molecule has 0 rings (SSSR count). The summed E-state index contributed by atoms with van der Waals surface area (Å²) in [6, 6.07) is 0. The highest BCUT2D eigenvalue weighted by Crippen LogP contribution is 2.56. The molecule has 0 aliphatic rings.